The van der Waals surface area contributed by atoms with Crippen LogP contribution >= 0.6 is 0 Å². The minimum atomic E-state index is 0.758. The van der Waals surface area contributed by atoms with Crippen molar-refractivity contribution in [2.75, 3.05) is 26.7 Å². The Morgan fingerprint density at radius 1 is 1.31 bits per heavy atom. The van der Waals surface area contributed by atoms with Gasteiger partial charge in [-0.2, -0.15) is 0 Å². The van der Waals surface area contributed by atoms with Crippen LogP contribution in [0.1, 0.15) is 18.9 Å². The molecule has 0 saturated carbocycles. The highest BCUT2D eigenvalue weighted by molar-refractivity contribution is 5.14. The molecule has 0 spiro atoms. The van der Waals surface area contributed by atoms with E-state index < -0.39 is 0 Å². The quantitative estimate of drug-likeness (QED) is 0.764. The molecule has 1 fully saturated rings. The Bertz CT molecular complexity index is 310. The zero-order chi connectivity index (χ0) is 11.4. The van der Waals surface area contributed by atoms with Crippen LogP contribution in [0.5, 0.6) is 0 Å². The smallest absolute Gasteiger partial charge is 0.0234 e. The van der Waals surface area contributed by atoms with Crippen molar-refractivity contribution in [1.29, 1.82) is 0 Å². The zero-order valence-corrected chi connectivity index (χ0v) is 10.4. The van der Waals surface area contributed by atoms with Gasteiger partial charge in [0.05, 0.1) is 0 Å². The second-order valence-corrected chi connectivity index (χ2v) is 4.74. The van der Waals surface area contributed by atoms with Crippen LogP contribution in [0.3, 0.4) is 0 Å². The first kappa shape index (κ1) is 11.6. The van der Waals surface area contributed by atoms with Gasteiger partial charge in [-0.05, 0) is 25.6 Å². The Morgan fingerprint density at radius 2 is 2.06 bits per heavy atom. The summed E-state index contributed by atoms with van der Waals surface area (Å²) in [4.78, 5) is 5.02. The summed E-state index contributed by atoms with van der Waals surface area (Å²) in [5.41, 5.74) is 1.43. The first-order valence-corrected chi connectivity index (χ1v) is 6.26. The Labute approximate surface area is 98.9 Å². The molecular formula is C14H22N2. The van der Waals surface area contributed by atoms with Crippen molar-refractivity contribution in [2.45, 2.75) is 25.9 Å². The van der Waals surface area contributed by atoms with E-state index in [-0.39, 0.29) is 0 Å². The molecule has 0 bridgehead atoms. The average molecular weight is 218 g/mol. The SMILES string of the molecule is CCN(C)[C@@H]1CCN(Cc2ccccc2)C1. The lowest BCUT2D eigenvalue weighted by molar-refractivity contribution is 0.238. The van der Waals surface area contributed by atoms with Crippen LogP contribution < -0.4 is 0 Å². The van der Waals surface area contributed by atoms with Gasteiger partial charge in [-0.3, -0.25) is 4.90 Å². The lowest BCUT2D eigenvalue weighted by Gasteiger charge is -2.23. The number of nitrogens with zero attached hydrogens (tertiary/aromatic N) is 2. The molecule has 1 atom stereocenters. The van der Waals surface area contributed by atoms with Gasteiger partial charge in [0.25, 0.3) is 0 Å². The van der Waals surface area contributed by atoms with E-state index in [2.05, 4.69) is 54.1 Å². The lowest BCUT2D eigenvalue weighted by atomic mass is 10.2. The van der Waals surface area contributed by atoms with Crippen molar-refractivity contribution in [3.05, 3.63) is 35.9 Å². The molecule has 0 aliphatic carbocycles. The van der Waals surface area contributed by atoms with Crippen molar-refractivity contribution in [3.63, 3.8) is 0 Å². The van der Waals surface area contributed by atoms with Gasteiger partial charge in [-0.1, -0.05) is 37.3 Å². The summed E-state index contributed by atoms with van der Waals surface area (Å²) < 4.78 is 0. The molecule has 1 aromatic carbocycles. The first-order chi connectivity index (χ1) is 7.79. The van der Waals surface area contributed by atoms with Gasteiger partial charge in [0.15, 0.2) is 0 Å². The third-order valence-electron chi connectivity index (χ3n) is 3.62. The summed E-state index contributed by atoms with van der Waals surface area (Å²) in [7, 11) is 2.23. The Morgan fingerprint density at radius 3 is 2.75 bits per heavy atom. The monoisotopic (exact) mass is 218 g/mol. The molecule has 88 valence electrons. The summed E-state index contributed by atoms with van der Waals surface area (Å²) in [5.74, 6) is 0. The molecule has 2 rings (SSSR count). The maximum absolute atomic E-state index is 2.56. The molecule has 1 saturated heterocycles. The molecule has 0 unspecified atom stereocenters. The van der Waals surface area contributed by atoms with Gasteiger partial charge in [0, 0.05) is 25.7 Å². The molecule has 2 heteroatoms. The maximum atomic E-state index is 2.56. The van der Waals surface area contributed by atoms with E-state index in [0.717, 1.165) is 19.1 Å². The molecule has 16 heavy (non-hydrogen) atoms. The van der Waals surface area contributed by atoms with Gasteiger partial charge in [-0.25, -0.2) is 0 Å². The fraction of sp³-hybridized carbons (Fsp3) is 0.571. The number of rotatable bonds is 4. The summed E-state index contributed by atoms with van der Waals surface area (Å²) in [6, 6.07) is 11.5. The van der Waals surface area contributed by atoms with E-state index in [1.807, 2.05) is 0 Å². The number of hydrogen-bond donors (Lipinski definition) is 0. The van der Waals surface area contributed by atoms with Crippen LogP contribution in [0.15, 0.2) is 30.3 Å². The fourth-order valence-electron chi connectivity index (χ4n) is 2.42. The summed E-state index contributed by atoms with van der Waals surface area (Å²) >= 11 is 0. The van der Waals surface area contributed by atoms with Crippen molar-refractivity contribution in [3.8, 4) is 0 Å². The van der Waals surface area contributed by atoms with Crippen molar-refractivity contribution < 1.29 is 0 Å². The second kappa shape index (κ2) is 5.46. The van der Waals surface area contributed by atoms with Gasteiger partial charge in [0.1, 0.15) is 0 Å². The van der Waals surface area contributed by atoms with Crippen molar-refractivity contribution in [2.24, 2.45) is 0 Å². The standard InChI is InChI=1S/C14H22N2/c1-3-15(2)14-9-10-16(12-14)11-13-7-5-4-6-8-13/h4-8,14H,3,9-12H2,1-2H3/t14-/m1/s1. The van der Waals surface area contributed by atoms with Crippen LogP contribution in [0.2, 0.25) is 0 Å². The average Bonchev–Trinajstić information content (AvgIpc) is 2.78. The van der Waals surface area contributed by atoms with Crippen LogP contribution in [-0.4, -0.2) is 42.5 Å². The van der Waals surface area contributed by atoms with E-state index in [9.17, 15) is 0 Å². The minimum absolute atomic E-state index is 0.758. The summed E-state index contributed by atoms with van der Waals surface area (Å²) in [6.07, 6.45) is 1.32. The molecule has 0 aromatic heterocycles. The highest BCUT2D eigenvalue weighted by Gasteiger charge is 2.24. The molecular weight excluding hydrogens is 196 g/mol. The van der Waals surface area contributed by atoms with E-state index in [1.165, 1.54) is 25.1 Å². The predicted molar refractivity (Wildman–Crippen MR) is 68.4 cm³/mol. The number of hydrogen-bond acceptors (Lipinski definition) is 2. The largest absolute Gasteiger partial charge is 0.302 e. The van der Waals surface area contributed by atoms with Crippen LogP contribution in [-0.2, 0) is 6.54 Å². The van der Waals surface area contributed by atoms with Gasteiger partial charge in [0.2, 0.25) is 0 Å². The second-order valence-electron chi connectivity index (χ2n) is 4.74. The van der Waals surface area contributed by atoms with Gasteiger partial charge in [-0.15, -0.1) is 0 Å². The van der Waals surface area contributed by atoms with E-state index >= 15 is 0 Å². The Kier molecular flexibility index (Phi) is 3.97. The van der Waals surface area contributed by atoms with Crippen LogP contribution in [0.4, 0.5) is 0 Å². The highest BCUT2D eigenvalue weighted by atomic mass is 15.2. The third kappa shape index (κ3) is 2.83. The number of likely N-dealkylation sites (N-methyl/N-ethyl adjacent to an activating group) is 1. The van der Waals surface area contributed by atoms with Gasteiger partial charge < -0.3 is 4.90 Å². The number of benzene rings is 1. The minimum Gasteiger partial charge on any atom is -0.302 e. The Balaban J connectivity index is 1.85. The van der Waals surface area contributed by atoms with E-state index in [1.54, 1.807) is 0 Å². The topological polar surface area (TPSA) is 6.48 Å². The van der Waals surface area contributed by atoms with E-state index in [0.29, 0.717) is 0 Å². The predicted octanol–water partition coefficient (Wildman–Crippen LogP) is 2.21. The van der Waals surface area contributed by atoms with Gasteiger partial charge >= 0.3 is 0 Å². The molecule has 1 heterocycles. The maximum Gasteiger partial charge on any atom is 0.0234 e. The molecule has 1 aliphatic rings. The number of likely N-dealkylation sites (tertiary alicyclic amines) is 1. The molecule has 0 N–H and O–H groups in total. The fourth-order valence-corrected chi connectivity index (χ4v) is 2.42. The summed E-state index contributed by atoms with van der Waals surface area (Å²) in [5, 5.41) is 0. The van der Waals surface area contributed by atoms with E-state index in [4.69, 9.17) is 0 Å². The van der Waals surface area contributed by atoms with Crippen LogP contribution in [0.25, 0.3) is 0 Å². The molecule has 1 aromatic rings. The lowest BCUT2D eigenvalue weighted by Crippen LogP contribution is -2.34. The van der Waals surface area contributed by atoms with Crippen molar-refractivity contribution in [1.82, 2.24) is 9.80 Å². The third-order valence-corrected chi connectivity index (χ3v) is 3.62. The summed E-state index contributed by atoms with van der Waals surface area (Å²) in [6.45, 7) is 6.96. The molecule has 0 radical (unpaired) electrons. The first-order valence-electron chi connectivity index (χ1n) is 6.26. The van der Waals surface area contributed by atoms with Crippen LogP contribution in [0, 0.1) is 0 Å². The molecule has 1 aliphatic heterocycles. The Hall–Kier alpha value is -0.860. The molecule has 2 nitrogen and oxygen atoms in total. The highest BCUT2D eigenvalue weighted by Crippen LogP contribution is 2.16. The normalized spacial score (nSPS) is 21.8. The molecule has 0 amide bonds. The van der Waals surface area contributed by atoms with Crippen molar-refractivity contribution >= 4 is 0 Å². The zero-order valence-electron chi connectivity index (χ0n) is 10.4.